The van der Waals surface area contributed by atoms with Crippen LogP contribution >= 0.6 is 0 Å². The lowest BCUT2D eigenvalue weighted by Crippen LogP contribution is -1.99. The van der Waals surface area contributed by atoms with E-state index in [1.807, 2.05) is 0 Å². The number of pyridine rings is 1. The fraction of sp³-hybridized carbons (Fsp3) is 0.375. The molecule has 0 saturated carbocycles. The van der Waals surface area contributed by atoms with Crippen LogP contribution in [0.25, 0.3) is 0 Å². The average molecular weight is 191 g/mol. The van der Waals surface area contributed by atoms with Crippen LogP contribution in [-0.4, -0.2) is 12.1 Å². The lowest BCUT2D eigenvalue weighted by Gasteiger charge is -2.09. The zero-order valence-electron chi connectivity index (χ0n) is 6.93. The van der Waals surface area contributed by atoms with Crippen LogP contribution in [-0.2, 0) is 6.67 Å². The van der Waals surface area contributed by atoms with Gasteiger partial charge in [0.05, 0.1) is 12.7 Å². The van der Waals surface area contributed by atoms with Gasteiger partial charge < -0.3 is 4.74 Å². The number of hydrogen-bond donors (Lipinski definition) is 0. The van der Waals surface area contributed by atoms with Crippen LogP contribution in [0.3, 0.4) is 0 Å². The van der Waals surface area contributed by atoms with Gasteiger partial charge in [0.25, 0.3) is 6.43 Å². The van der Waals surface area contributed by atoms with Crippen molar-refractivity contribution in [2.45, 2.75) is 13.1 Å². The quantitative estimate of drug-likeness (QED) is 0.732. The number of halogens is 3. The summed E-state index contributed by atoms with van der Waals surface area (Å²) in [6.07, 6.45) is -1.54. The molecule has 0 N–H and O–H groups in total. The molecule has 0 aromatic carbocycles. The van der Waals surface area contributed by atoms with Gasteiger partial charge in [-0.15, -0.1) is 0 Å². The van der Waals surface area contributed by atoms with Gasteiger partial charge in [-0.05, 0) is 6.07 Å². The molecule has 5 heteroatoms. The maximum absolute atomic E-state index is 12.3. The van der Waals surface area contributed by atoms with Gasteiger partial charge in [0.2, 0.25) is 0 Å². The number of aromatic nitrogens is 1. The monoisotopic (exact) mass is 191 g/mol. The zero-order chi connectivity index (χ0) is 9.84. The summed E-state index contributed by atoms with van der Waals surface area (Å²) in [5.74, 6) is -0.167. The van der Waals surface area contributed by atoms with Crippen molar-refractivity contribution in [1.29, 1.82) is 0 Å². The first-order valence-electron chi connectivity index (χ1n) is 3.56. The summed E-state index contributed by atoms with van der Waals surface area (Å²) in [4.78, 5) is 3.58. The number of hydrogen-bond acceptors (Lipinski definition) is 2. The Hall–Kier alpha value is -1.26. The first-order valence-corrected chi connectivity index (χ1v) is 3.56. The Balaban J connectivity index is 3.19. The minimum absolute atomic E-state index is 0.0969. The van der Waals surface area contributed by atoms with Crippen molar-refractivity contribution < 1.29 is 17.9 Å². The third-order valence-electron chi connectivity index (χ3n) is 1.57. The summed E-state index contributed by atoms with van der Waals surface area (Å²) < 4.78 is 41.5. The molecule has 1 aromatic rings. The molecule has 0 fully saturated rings. The molecule has 1 heterocycles. The number of nitrogens with zero attached hydrogens (tertiary/aromatic N) is 1. The Morgan fingerprint density at radius 2 is 2.23 bits per heavy atom. The van der Waals surface area contributed by atoms with Gasteiger partial charge in [0.1, 0.15) is 12.4 Å². The first-order chi connectivity index (χ1) is 6.20. The molecule has 0 radical (unpaired) electrons. The molecule has 1 rings (SSSR count). The van der Waals surface area contributed by atoms with Crippen LogP contribution in [0.1, 0.15) is 17.7 Å². The van der Waals surface area contributed by atoms with E-state index in [1.54, 1.807) is 0 Å². The number of rotatable bonds is 3. The number of alkyl halides is 3. The molecule has 0 aliphatic rings. The van der Waals surface area contributed by atoms with Gasteiger partial charge in [0.15, 0.2) is 5.75 Å². The van der Waals surface area contributed by atoms with Crippen molar-refractivity contribution in [2.75, 3.05) is 7.11 Å². The lowest BCUT2D eigenvalue weighted by atomic mass is 10.2. The van der Waals surface area contributed by atoms with Crippen LogP contribution in [0, 0.1) is 0 Å². The van der Waals surface area contributed by atoms with E-state index >= 15 is 0 Å². The molecule has 0 unspecified atom stereocenters. The summed E-state index contributed by atoms with van der Waals surface area (Å²) in [5, 5.41) is 0. The number of ether oxygens (including phenoxy) is 1. The second kappa shape index (κ2) is 4.11. The van der Waals surface area contributed by atoms with Crippen molar-refractivity contribution in [1.82, 2.24) is 4.98 Å². The Morgan fingerprint density at radius 1 is 1.54 bits per heavy atom. The summed E-state index contributed by atoms with van der Waals surface area (Å²) in [5.41, 5.74) is -0.426. The lowest BCUT2D eigenvalue weighted by molar-refractivity contribution is 0.146. The van der Waals surface area contributed by atoms with Gasteiger partial charge in [0, 0.05) is 6.20 Å². The topological polar surface area (TPSA) is 22.1 Å². The molecule has 0 spiro atoms. The molecule has 0 bridgehead atoms. The Bertz CT molecular complexity index is 291. The summed E-state index contributed by atoms with van der Waals surface area (Å²) in [6, 6.07) is 1.11. The third-order valence-corrected chi connectivity index (χ3v) is 1.57. The smallest absolute Gasteiger partial charge is 0.267 e. The van der Waals surface area contributed by atoms with E-state index in [0.717, 1.165) is 12.3 Å². The molecule has 0 saturated heterocycles. The highest BCUT2D eigenvalue weighted by atomic mass is 19.3. The second-order valence-corrected chi connectivity index (χ2v) is 2.31. The van der Waals surface area contributed by atoms with Gasteiger partial charge >= 0.3 is 0 Å². The highest BCUT2D eigenvalue weighted by molar-refractivity contribution is 5.37. The fourth-order valence-electron chi connectivity index (χ4n) is 1.01. The summed E-state index contributed by atoms with van der Waals surface area (Å²) in [6.45, 7) is -0.913. The third kappa shape index (κ3) is 1.91. The van der Waals surface area contributed by atoms with Crippen LogP contribution in [0.4, 0.5) is 13.2 Å². The Kier molecular flexibility index (Phi) is 3.11. The van der Waals surface area contributed by atoms with Crippen LogP contribution in [0.5, 0.6) is 5.75 Å². The fourth-order valence-corrected chi connectivity index (χ4v) is 1.01. The standard InChI is InChI=1S/C8H8F3NO/c1-13-7-5(8(10)11)2-3-12-6(7)4-9/h2-3,8H,4H2,1H3. The Morgan fingerprint density at radius 3 is 2.69 bits per heavy atom. The molecule has 0 aliphatic heterocycles. The molecule has 72 valence electrons. The predicted octanol–water partition coefficient (Wildman–Crippen LogP) is 2.50. The maximum Gasteiger partial charge on any atom is 0.267 e. The van der Waals surface area contributed by atoms with Gasteiger partial charge in [-0.1, -0.05) is 0 Å². The molecule has 1 aromatic heterocycles. The van der Waals surface area contributed by atoms with Gasteiger partial charge in [-0.25, -0.2) is 13.2 Å². The van der Waals surface area contributed by atoms with Gasteiger partial charge in [-0.3, -0.25) is 4.98 Å². The summed E-state index contributed by atoms with van der Waals surface area (Å²) in [7, 11) is 1.21. The number of methoxy groups -OCH3 is 1. The van der Waals surface area contributed by atoms with Crippen LogP contribution in [0.2, 0.25) is 0 Å². The van der Waals surface area contributed by atoms with Crippen molar-refractivity contribution >= 4 is 0 Å². The van der Waals surface area contributed by atoms with E-state index in [4.69, 9.17) is 0 Å². The van der Waals surface area contributed by atoms with Crippen LogP contribution in [0.15, 0.2) is 12.3 Å². The molecular weight excluding hydrogens is 183 g/mol. The molecule has 0 aliphatic carbocycles. The SMILES string of the molecule is COc1c(C(F)F)ccnc1CF. The summed E-state index contributed by atoms with van der Waals surface area (Å²) >= 11 is 0. The molecule has 0 amide bonds. The van der Waals surface area contributed by atoms with E-state index in [1.165, 1.54) is 7.11 Å². The van der Waals surface area contributed by atoms with Crippen molar-refractivity contribution in [2.24, 2.45) is 0 Å². The normalized spacial score (nSPS) is 10.5. The average Bonchev–Trinajstić information content (AvgIpc) is 2.16. The minimum atomic E-state index is -2.68. The van der Waals surface area contributed by atoms with E-state index in [2.05, 4.69) is 9.72 Å². The molecule has 2 nitrogen and oxygen atoms in total. The molecular formula is C8H8F3NO. The Labute approximate surface area is 73.4 Å². The van der Waals surface area contributed by atoms with E-state index in [9.17, 15) is 13.2 Å². The van der Waals surface area contributed by atoms with E-state index in [0.29, 0.717) is 0 Å². The minimum Gasteiger partial charge on any atom is -0.494 e. The van der Waals surface area contributed by atoms with E-state index in [-0.39, 0.29) is 17.0 Å². The van der Waals surface area contributed by atoms with Gasteiger partial charge in [-0.2, -0.15) is 0 Å². The molecule has 13 heavy (non-hydrogen) atoms. The first kappa shape index (κ1) is 9.83. The van der Waals surface area contributed by atoms with Crippen molar-refractivity contribution in [3.8, 4) is 5.75 Å². The highest BCUT2D eigenvalue weighted by Gasteiger charge is 2.17. The predicted molar refractivity (Wildman–Crippen MR) is 40.6 cm³/mol. The zero-order valence-corrected chi connectivity index (χ0v) is 6.93. The molecule has 0 atom stereocenters. The second-order valence-electron chi connectivity index (χ2n) is 2.31. The van der Waals surface area contributed by atoms with Crippen LogP contribution < -0.4 is 4.74 Å². The van der Waals surface area contributed by atoms with Crippen molar-refractivity contribution in [3.63, 3.8) is 0 Å². The highest BCUT2D eigenvalue weighted by Crippen LogP contribution is 2.30. The maximum atomic E-state index is 12.3. The van der Waals surface area contributed by atoms with E-state index < -0.39 is 13.1 Å². The largest absolute Gasteiger partial charge is 0.494 e. The van der Waals surface area contributed by atoms with Crippen molar-refractivity contribution in [3.05, 3.63) is 23.5 Å².